The first-order valence-electron chi connectivity index (χ1n) is 5.11. The van der Waals surface area contributed by atoms with Crippen LogP contribution in [0.4, 0.5) is 11.5 Å². The average Bonchev–Trinajstić information content (AvgIpc) is 2.81. The molecule has 3 aromatic rings. The lowest BCUT2D eigenvalue weighted by atomic mass is 10.2. The zero-order chi connectivity index (χ0) is 11.7. The van der Waals surface area contributed by atoms with Crippen molar-refractivity contribution in [2.45, 2.75) is 0 Å². The van der Waals surface area contributed by atoms with E-state index in [-0.39, 0.29) is 5.63 Å². The zero-order valence-electron chi connectivity index (χ0n) is 8.81. The van der Waals surface area contributed by atoms with E-state index < -0.39 is 0 Å². The standard InChI is InChI=1S/C12H9N3O2/c16-12-4-2-8-1-3-9(7-10(8)17-12)14-11-5-6-13-15-11/h1-7H,(H2,13,14,15). The second kappa shape index (κ2) is 3.79. The van der Waals surface area contributed by atoms with Crippen LogP contribution in [0.5, 0.6) is 0 Å². The van der Waals surface area contributed by atoms with Gasteiger partial charge >= 0.3 is 5.63 Å². The van der Waals surface area contributed by atoms with Crippen LogP contribution in [0.25, 0.3) is 11.0 Å². The summed E-state index contributed by atoms with van der Waals surface area (Å²) in [5.74, 6) is 0.780. The fraction of sp³-hybridized carbons (Fsp3) is 0. The molecule has 0 saturated heterocycles. The third-order valence-corrected chi connectivity index (χ3v) is 2.40. The molecule has 5 heteroatoms. The van der Waals surface area contributed by atoms with Crippen molar-refractivity contribution in [3.8, 4) is 0 Å². The van der Waals surface area contributed by atoms with Crippen molar-refractivity contribution in [1.29, 1.82) is 0 Å². The van der Waals surface area contributed by atoms with E-state index in [1.165, 1.54) is 6.07 Å². The highest BCUT2D eigenvalue weighted by Gasteiger charge is 2.00. The van der Waals surface area contributed by atoms with Crippen LogP contribution in [0.1, 0.15) is 0 Å². The molecule has 0 saturated carbocycles. The minimum Gasteiger partial charge on any atom is -0.423 e. The van der Waals surface area contributed by atoms with Gasteiger partial charge in [-0.15, -0.1) is 0 Å². The number of hydrogen-bond acceptors (Lipinski definition) is 4. The molecule has 0 fully saturated rings. The molecule has 0 aliphatic carbocycles. The number of fused-ring (bicyclic) bond motifs is 1. The number of rotatable bonds is 2. The first kappa shape index (κ1) is 9.65. The van der Waals surface area contributed by atoms with Crippen LogP contribution in [0.2, 0.25) is 0 Å². The average molecular weight is 227 g/mol. The van der Waals surface area contributed by atoms with Crippen LogP contribution < -0.4 is 10.9 Å². The van der Waals surface area contributed by atoms with Crippen LogP contribution in [-0.2, 0) is 0 Å². The van der Waals surface area contributed by atoms with Gasteiger partial charge in [-0.05, 0) is 18.2 Å². The molecule has 0 aliphatic heterocycles. The van der Waals surface area contributed by atoms with Crippen LogP contribution >= 0.6 is 0 Å². The summed E-state index contributed by atoms with van der Waals surface area (Å²) in [6.45, 7) is 0. The molecule has 17 heavy (non-hydrogen) atoms. The van der Waals surface area contributed by atoms with Gasteiger partial charge in [-0.2, -0.15) is 5.10 Å². The van der Waals surface area contributed by atoms with Gasteiger partial charge in [0.15, 0.2) is 0 Å². The van der Waals surface area contributed by atoms with Crippen molar-refractivity contribution in [3.05, 3.63) is 53.0 Å². The quantitative estimate of drug-likeness (QED) is 0.659. The first-order valence-corrected chi connectivity index (χ1v) is 5.11. The fourth-order valence-corrected chi connectivity index (χ4v) is 1.62. The summed E-state index contributed by atoms with van der Waals surface area (Å²) in [4.78, 5) is 11.1. The smallest absolute Gasteiger partial charge is 0.336 e. The summed E-state index contributed by atoms with van der Waals surface area (Å²) in [7, 11) is 0. The molecular formula is C12H9N3O2. The molecule has 0 aliphatic rings. The maximum absolute atomic E-state index is 11.1. The number of anilines is 2. The van der Waals surface area contributed by atoms with E-state index in [9.17, 15) is 4.79 Å². The monoisotopic (exact) mass is 227 g/mol. The molecule has 0 unspecified atom stereocenters. The largest absolute Gasteiger partial charge is 0.423 e. The summed E-state index contributed by atoms with van der Waals surface area (Å²) in [6, 6.07) is 10.5. The van der Waals surface area contributed by atoms with E-state index >= 15 is 0 Å². The molecular weight excluding hydrogens is 218 g/mol. The van der Waals surface area contributed by atoms with Gasteiger partial charge in [-0.25, -0.2) is 4.79 Å². The Bertz CT molecular complexity index is 701. The van der Waals surface area contributed by atoms with E-state index in [1.54, 1.807) is 18.3 Å². The Balaban J connectivity index is 2.04. The van der Waals surface area contributed by atoms with E-state index in [1.807, 2.05) is 18.2 Å². The van der Waals surface area contributed by atoms with Crippen molar-refractivity contribution in [1.82, 2.24) is 10.2 Å². The molecule has 2 heterocycles. The summed E-state index contributed by atoms with van der Waals surface area (Å²) in [5.41, 5.74) is 1.04. The molecule has 1 aromatic carbocycles. The Hall–Kier alpha value is -2.56. The van der Waals surface area contributed by atoms with Crippen molar-refractivity contribution >= 4 is 22.5 Å². The predicted molar refractivity (Wildman–Crippen MR) is 64.4 cm³/mol. The minimum atomic E-state index is -0.351. The summed E-state index contributed by atoms with van der Waals surface area (Å²) >= 11 is 0. The lowest BCUT2D eigenvalue weighted by Crippen LogP contribution is -1.95. The fourth-order valence-electron chi connectivity index (χ4n) is 1.62. The number of H-pyrrole nitrogens is 1. The van der Waals surface area contributed by atoms with Crippen molar-refractivity contribution in [2.75, 3.05) is 5.32 Å². The molecule has 0 amide bonds. The molecule has 2 aromatic heterocycles. The van der Waals surface area contributed by atoms with Crippen molar-refractivity contribution < 1.29 is 4.42 Å². The van der Waals surface area contributed by atoms with E-state index in [0.717, 1.165) is 16.9 Å². The summed E-state index contributed by atoms with van der Waals surface area (Å²) in [5, 5.41) is 10.6. The Labute approximate surface area is 96.1 Å². The normalized spacial score (nSPS) is 10.6. The second-order valence-electron chi connectivity index (χ2n) is 3.60. The molecule has 5 nitrogen and oxygen atoms in total. The Morgan fingerprint density at radius 1 is 1.18 bits per heavy atom. The maximum atomic E-state index is 11.1. The number of aromatic nitrogens is 2. The highest BCUT2D eigenvalue weighted by atomic mass is 16.4. The van der Waals surface area contributed by atoms with Gasteiger partial charge in [0.1, 0.15) is 11.4 Å². The van der Waals surface area contributed by atoms with Gasteiger partial charge < -0.3 is 9.73 Å². The lowest BCUT2D eigenvalue weighted by molar-refractivity contribution is 0.561. The van der Waals surface area contributed by atoms with Gasteiger partial charge in [-0.1, -0.05) is 0 Å². The number of nitrogens with zero attached hydrogens (tertiary/aromatic N) is 1. The Morgan fingerprint density at radius 2 is 2.06 bits per heavy atom. The summed E-state index contributed by atoms with van der Waals surface area (Å²) in [6.07, 6.45) is 1.66. The third kappa shape index (κ3) is 1.90. The second-order valence-corrected chi connectivity index (χ2v) is 3.60. The van der Waals surface area contributed by atoms with Crippen LogP contribution in [0.3, 0.4) is 0 Å². The SMILES string of the molecule is O=c1ccc2ccc(Nc3ccn[nH]3)cc2o1. The Morgan fingerprint density at radius 3 is 2.88 bits per heavy atom. The molecule has 0 bridgehead atoms. The number of nitrogens with one attached hydrogen (secondary N) is 2. The van der Waals surface area contributed by atoms with Gasteiger partial charge in [0.05, 0.1) is 6.20 Å². The van der Waals surface area contributed by atoms with Crippen molar-refractivity contribution in [2.24, 2.45) is 0 Å². The molecule has 0 radical (unpaired) electrons. The van der Waals surface area contributed by atoms with E-state index in [4.69, 9.17) is 4.42 Å². The van der Waals surface area contributed by atoms with Crippen LogP contribution in [0.15, 0.2) is 51.8 Å². The minimum absolute atomic E-state index is 0.351. The zero-order valence-corrected chi connectivity index (χ0v) is 8.81. The molecule has 2 N–H and O–H groups in total. The number of benzene rings is 1. The van der Waals surface area contributed by atoms with Crippen LogP contribution in [0, 0.1) is 0 Å². The molecule has 84 valence electrons. The predicted octanol–water partition coefficient (Wildman–Crippen LogP) is 2.26. The first-order chi connectivity index (χ1) is 8.31. The summed E-state index contributed by atoms with van der Waals surface area (Å²) < 4.78 is 5.10. The maximum Gasteiger partial charge on any atom is 0.336 e. The van der Waals surface area contributed by atoms with Gasteiger partial charge in [0.25, 0.3) is 0 Å². The highest BCUT2D eigenvalue weighted by Crippen LogP contribution is 2.20. The number of hydrogen-bond donors (Lipinski definition) is 2. The van der Waals surface area contributed by atoms with E-state index in [0.29, 0.717) is 5.58 Å². The van der Waals surface area contributed by atoms with Gasteiger partial charge in [-0.3, -0.25) is 5.10 Å². The molecule has 3 rings (SSSR count). The molecule has 0 atom stereocenters. The number of aromatic amines is 1. The topological polar surface area (TPSA) is 70.9 Å². The van der Waals surface area contributed by atoms with E-state index in [2.05, 4.69) is 15.5 Å². The van der Waals surface area contributed by atoms with Gasteiger partial charge in [0, 0.05) is 29.3 Å². The third-order valence-electron chi connectivity index (χ3n) is 2.40. The molecule has 0 spiro atoms. The lowest BCUT2D eigenvalue weighted by Gasteiger charge is -2.03. The van der Waals surface area contributed by atoms with Crippen molar-refractivity contribution in [3.63, 3.8) is 0 Å². The highest BCUT2D eigenvalue weighted by molar-refractivity contribution is 5.81. The Kier molecular flexibility index (Phi) is 2.15. The van der Waals surface area contributed by atoms with Crippen LogP contribution in [-0.4, -0.2) is 10.2 Å². The van der Waals surface area contributed by atoms with Gasteiger partial charge in [0.2, 0.25) is 0 Å².